The van der Waals surface area contributed by atoms with E-state index in [4.69, 9.17) is 9.16 Å². The standard InChI is InChI=1S/C26H41NO4Si/c1-8-21(27-23(29)30-18-19-12-10-9-11-13-19)16-22(28)26(31-32(5,6)7)17-20-14-15-25(26,4)24(20,2)3/h9-13,20-21H,8,14-18H2,1-7H3,(H,27,29)/t20?,21-,25?,26?/m0/s1. The number of nitrogens with one attached hydrogen (secondary N) is 1. The molecule has 0 aromatic heterocycles. The molecule has 5 nitrogen and oxygen atoms in total. The molecule has 0 heterocycles. The van der Waals surface area contributed by atoms with Gasteiger partial charge in [-0.15, -0.1) is 0 Å². The zero-order valence-corrected chi connectivity index (χ0v) is 21.9. The molecule has 4 atom stereocenters. The third-order valence-corrected chi connectivity index (χ3v) is 9.21. The van der Waals surface area contributed by atoms with Crippen molar-refractivity contribution in [3.05, 3.63) is 35.9 Å². The van der Waals surface area contributed by atoms with Gasteiger partial charge < -0.3 is 14.5 Å². The average Bonchev–Trinajstić information content (AvgIpc) is 3.03. The summed E-state index contributed by atoms with van der Waals surface area (Å²) >= 11 is 0. The van der Waals surface area contributed by atoms with E-state index in [0.717, 1.165) is 24.8 Å². The number of hydrogen-bond donors (Lipinski definition) is 1. The highest BCUT2D eigenvalue weighted by Crippen LogP contribution is 2.71. The second-order valence-corrected chi connectivity index (χ2v) is 15.9. The molecule has 2 fully saturated rings. The van der Waals surface area contributed by atoms with Crippen LogP contribution < -0.4 is 5.32 Å². The summed E-state index contributed by atoms with van der Waals surface area (Å²) in [7, 11) is -1.98. The normalized spacial score (nSPS) is 29.5. The lowest BCUT2D eigenvalue weighted by Gasteiger charge is -2.50. The third kappa shape index (κ3) is 4.53. The number of Topliss-reactive ketones (excluding diaryl/α,β-unsaturated/α-hetero) is 1. The predicted molar refractivity (Wildman–Crippen MR) is 130 cm³/mol. The largest absolute Gasteiger partial charge is 0.445 e. The fourth-order valence-corrected chi connectivity index (χ4v) is 7.49. The van der Waals surface area contributed by atoms with Crippen LogP contribution in [0.1, 0.15) is 65.4 Å². The number of hydrogen-bond acceptors (Lipinski definition) is 4. The van der Waals surface area contributed by atoms with E-state index in [1.54, 1.807) is 0 Å². The summed E-state index contributed by atoms with van der Waals surface area (Å²) in [5.41, 5.74) is 0.0547. The van der Waals surface area contributed by atoms with Crippen LogP contribution in [0.5, 0.6) is 0 Å². The van der Waals surface area contributed by atoms with Crippen LogP contribution in [-0.2, 0) is 20.6 Å². The van der Waals surface area contributed by atoms with Gasteiger partial charge >= 0.3 is 6.09 Å². The Balaban J connectivity index is 1.72. The summed E-state index contributed by atoms with van der Waals surface area (Å²) in [5.74, 6) is 0.643. The van der Waals surface area contributed by atoms with Gasteiger partial charge in [-0.2, -0.15) is 0 Å². The van der Waals surface area contributed by atoms with Crippen LogP contribution in [0.25, 0.3) is 0 Å². The number of ether oxygens (including phenoxy) is 1. The van der Waals surface area contributed by atoms with Crippen molar-refractivity contribution in [2.24, 2.45) is 16.7 Å². The summed E-state index contributed by atoms with van der Waals surface area (Å²) in [6.07, 6.45) is 3.44. The number of fused-ring (bicyclic) bond motifs is 2. The Morgan fingerprint density at radius 3 is 2.31 bits per heavy atom. The van der Waals surface area contributed by atoms with Crippen molar-refractivity contribution < 1.29 is 18.8 Å². The Kier molecular flexibility index (Phi) is 6.97. The molecule has 0 radical (unpaired) electrons. The van der Waals surface area contributed by atoms with Crippen molar-refractivity contribution >= 4 is 20.2 Å². The van der Waals surface area contributed by atoms with E-state index in [1.807, 2.05) is 37.3 Å². The first-order valence-electron chi connectivity index (χ1n) is 12.1. The van der Waals surface area contributed by atoms with Gasteiger partial charge in [0.05, 0.1) is 0 Å². The van der Waals surface area contributed by atoms with Gasteiger partial charge in [0.25, 0.3) is 0 Å². The van der Waals surface area contributed by atoms with Gasteiger partial charge in [0.1, 0.15) is 12.2 Å². The highest BCUT2D eigenvalue weighted by molar-refractivity contribution is 6.70. The van der Waals surface area contributed by atoms with Crippen molar-refractivity contribution in [1.29, 1.82) is 0 Å². The maximum atomic E-state index is 14.0. The van der Waals surface area contributed by atoms with Crippen LogP contribution in [0.15, 0.2) is 30.3 Å². The van der Waals surface area contributed by atoms with E-state index in [-0.39, 0.29) is 35.7 Å². The third-order valence-electron chi connectivity index (χ3n) is 8.25. The monoisotopic (exact) mass is 459 g/mol. The summed E-state index contributed by atoms with van der Waals surface area (Å²) < 4.78 is 12.2. The molecular weight excluding hydrogens is 418 g/mol. The molecule has 2 saturated carbocycles. The molecule has 0 aliphatic heterocycles. The molecule has 0 spiro atoms. The first-order valence-corrected chi connectivity index (χ1v) is 15.5. The van der Waals surface area contributed by atoms with Crippen molar-refractivity contribution in [3.63, 3.8) is 0 Å². The fourth-order valence-electron chi connectivity index (χ4n) is 6.02. The molecule has 1 aromatic carbocycles. The average molecular weight is 460 g/mol. The van der Waals surface area contributed by atoms with Crippen LogP contribution in [0, 0.1) is 16.7 Å². The maximum Gasteiger partial charge on any atom is 0.407 e. The smallest absolute Gasteiger partial charge is 0.407 e. The summed E-state index contributed by atoms with van der Waals surface area (Å²) in [6, 6.07) is 9.34. The van der Waals surface area contributed by atoms with Crippen molar-refractivity contribution in [2.45, 2.75) is 97.7 Å². The molecule has 2 bridgehead atoms. The molecule has 2 aliphatic rings. The van der Waals surface area contributed by atoms with Crippen LogP contribution >= 0.6 is 0 Å². The van der Waals surface area contributed by atoms with Gasteiger partial charge in [0.2, 0.25) is 0 Å². The summed E-state index contributed by atoms with van der Waals surface area (Å²) in [6.45, 7) is 15.6. The van der Waals surface area contributed by atoms with E-state index in [2.05, 4.69) is 45.7 Å². The molecular formula is C26H41NO4Si. The van der Waals surface area contributed by atoms with E-state index in [0.29, 0.717) is 12.3 Å². The molecule has 1 N–H and O–H groups in total. The van der Waals surface area contributed by atoms with E-state index < -0.39 is 20.0 Å². The first-order chi connectivity index (χ1) is 14.8. The lowest BCUT2D eigenvalue weighted by Crippen LogP contribution is -2.59. The van der Waals surface area contributed by atoms with Crippen LogP contribution in [-0.4, -0.2) is 31.8 Å². The Morgan fingerprint density at radius 1 is 1.16 bits per heavy atom. The Labute approximate surface area is 194 Å². The van der Waals surface area contributed by atoms with Gasteiger partial charge in [0, 0.05) is 17.9 Å². The number of rotatable bonds is 9. The van der Waals surface area contributed by atoms with Crippen molar-refractivity contribution in [2.75, 3.05) is 0 Å². The van der Waals surface area contributed by atoms with E-state index >= 15 is 0 Å². The number of carbonyl (C=O) groups is 2. The quantitative estimate of drug-likeness (QED) is 0.454. The molecule has 32 heavy (non-hydrogen) atoms. The summed E-state index contributed by atoms with van der Waals surface area (Å²) in [4.78, 5) is 26.4. The minimum atomic E-state index is -1.98. The Bertz CT molecular complexity index is 834. The molecule has 3 unspecified atom stereocenters. The number of alkyl carbamates (subject to hydrolysis) is 1. The molecule has 3 rings (SSSR count). The second-order valence-electron chi connectivity index (χ2n) is 11.5. The number of carbonyl (C=O) groups excluding carboxylic acids is 2. The molecule has 0 saturated heterocycles. The maximum absolute atomic E-state index is 14.0. The minimum Gasteiger partial charge on any atom is -0.445 e. The van der Waals surface area contributed by atoms with Gasteiger partial charge in [-0.05, 0) is 62.2 Å². The molecule has 1 amide bonds. The lowest BCUT2D eigenvalue weighted by atomic mass is 9.62. The van der Waals surface area contributed by atoms with Gasteiger partial charge in [0.15, 0.2) is 14.1 Å². The van der Waals surface area contributed by atoms with Crippen LogP contribution in [0.3, 0.4) is 0 Å². The van der Waals surface area contributed by atoms with Gasteiger partial charge in [-0.1, -0.05) is 58.0 Å². The number of amides is 1. The van der Waals surface area contributed by atoms with E-state index in [9.17, 15) is 9.59 Å². The van der Waals surface area contributed by atoms with Crippen LogP contribution in [0.4, 0.5) is 4.79 Å². The number of ketones is 1. The predicted octanol–water partition coefficient (Wildman–Crippen LogP) is 6.09. The SMILES string of the molecule is CC[C@@H](CC(=O)C1(O[Si](C)(C)C)CC2CCC1(C)C2(C)C)NC(=O)OCc1ccccc1. The Hall–Kier alpha value is -1.66. The minimum absolute atomic E-state index is 0.0616. The molecule has 6 heteroatoms. The summed E-state index contributed by atoms with van der Waals surface area (Å²) in [5, 5.41) is 2.92. The van der Waals surface area contributed by atoms with Gasteiger partial charge in [-0.3, -0.25) is 4.79 Å². The van der Waals surface area contributed by atoms with Crippen molar-refractivity contribution in [3.8, 4) is 0 Å². The van der Waals surface area contributed by atoms with E-state index in [1.165, 1.54) is 0 Å². The molecule has 1 aromatic rings. The first kappa shape index (κ1) is 25.0. The number of benzene rings is 1. The fraction of sp³-hybridized carbons (Fsp3) is 0.692. The second kappa shape index (κ2) is 8.94. The van der Waals surface area contributed by atoms with Crippen LogP contribution in [0.2, 0.25) is 19.6 Å². The highest BCUT2D eigenvalue weighted by Gasteiger charge is 2.72. The Morgan fingerprint density at radius 2 is 1.81 bits per heavy atom. The van der Waals surface area contributed by atoms with Gasteiger partial charge in [-0.25, -0.2) is 4.79 Å². The zero-order chi connectivity index (χ0) is 23.8. The van der Waals surface area contributed by atoms with Crippen molar-refractivity contribution in [1.82, 2.24) is 5.32 Å². The highest BCUT2D eigenvalue weighted by atomic mass is 28.4. The lowest BCUT2D eigenvalue weighted by molar-refractivity contribution is -0.152. The molecule has 2 aliphatic carbocycles. The topological polar surface area (TPSA) is 64.6 Å². The molecule has 178 valence electrons. The zero-order valence-electron chi connectivity index (χ0n) is 20.9.